The highest BCUT2D eigenvalue weighted by atomic mass is 32.1. The summed E-state index contributed by atoms with van der Waals surface area (Å²) < 4.78 is 0. The Balaban J connectivity index is 1.88. The SMILES string of the molecule is Cc1cc(C)cc(NC(=O)CNC(=O)c2ccc(C)s2)c1. The highest BCUT2D eigenvalue weighted by molar-refractivity contribution is 7.13. The Morgan fingerprint density at radius 1 is 1.05 bits per heavy atom. The van der Waals surface area contributed by atoms with Gasteiger partial charge in [-0.3, -0.25) is 9.59 Å². The molecule has 2 rings (SSSR count). The molecule has 0 saturated carbocycles. The van der Waals surface area contributed by atoms with Crippen LogP contribution in [0.2, 0.25) is 0 Å². The Hall–Kier alpha value is -2.14. The smallest absolute Gasteiger partial charge is 0.261 e. The van der Waals surface area contributed by atoms with Gasteiger partial charge in [0.2, 0.25) is 5.91 Å². The third-order valence-electron chi connectivity index (χ3n) is 2.88. The molecule has 0 aliphatic rings. The van der Waals surface area contributed by atoms with Gasteiger partial charge in [0.25, 0.3) is 5.91 Å². The molecule has 5 heteroatoms. The number of anilines is 1. The van der Waals surface area contributed by atoms with Gasteiger partial charge in [-0.2, -0.15) is 0 Å². The average Bonchev–Trinajstić information content (AvgIpc) is 2.81. The molecule has 2 amide bonds. The minimum atomic E-state index is -0.235. The highest BCUT2D eigenvalue weighted by Gasteiger charge is 2.10. The van der Waals surface area contributed by atoms with Crippen LogP contribution < -0.4 is 10.6 Å². The van der Waals surface area contributed by atoms with E-state index < -0.39 is 0 Å². The molecule has 0 radical (unpaired) electrons. The third-order valence-corrected chi connectivity index (χ3v) is 3.88. The summed E-state index contributed by atoms with van der Waals surface area (Å²) in [5.74, 6) is -0.453. The summed E-state index contributed by atoms with van der Waals surface area (Å²) in [6, 6.07) is 9.48. The summed E-state index contributed by atoms with van der Waals surface area (Å²) in [5.41, 5.74) is 2.92. The van der Waals surface area contributed by atoms with Gasteiger partial charge in [0, 0.05) is 10.6 Å². The van der Waals surface area contributed by atoms with Gasteiger partial charge >= 0.3 is 0 Å². The number of amides is 2. The van der Waals surface area contributed by atoms with Gasteiger partial charge in [-0.15, -0.1) is 11.3 Å². The summed E-state index contributed by atoms with van der Waals surface area (Å²) in [6.45, 7) is 5.85. The van der Waals surface area contributed by atoms with E-state index in [1.165, 1.54) is 11.3 Å². The number of carbonyl (C=O) groups excluding carboxylic acids is 2. The second kappa shape index (κ2) is 6.54. The van der Waals surface area contributed by atoms with Gasteiger partial charge in [0.05, 0.1) is 11.4 Å². The van der Waals surface area contributed by atoms with E-state index in [2.05, 4.69) is 10.6 Å². The molecule has 0 saturated heterocycles. The first kappa shape index (κ1) is 15.3. The van der Waals surface area contributed by atoms with Crippen LogP contribution in [0.4, 0.5) is 5.69 Å². The second-order valence-corrected chi connectivity index (χ2v) is 6.31. The largest absolute Gasteiger partial charge is 0.342 e. The van der Waals surface area contributed by atoms with Crippen molar-refractivity contribution < 1.29 is 9.59 Å². The van der Waals surface area contributed by atoms with Crippen molar-refractivity contribution in [3.63, 3.8) is 0 Å². The predicted molar refractivity (Wildman–Crippen MR) is 85.9 cm³/mol. The molecule has 0 aliphatic carbocycles. The van der Waals surface area contributed by atoms with Crippen LogP contribution in [-0.4, -0.2) is 18.4 Å². The number of carbonyl (C=O) groups is 2. The molecular weight excluding hydrogens is 284 g/mol. The number of benzene rings is 1. The van der Waals surface area contributed by atoms with Crippen LogP contribution in [0.3, 0.4) is 0 Å². The van der Waals surface area contributed by atoms with Gasteiger partial charge < -0.3 is 10.6 Å². The number of aryl methyl sites for hydroxylation is 3. The summed E-state index contributed by atoms with van der Waals surface area (Å²) in [6.07, 6.45) is 0. The van der Waals surface area contributed by atoms with E-state index in [1.54, 1.807) is 6.07 Å². The van der Waals surface area contributed by atoms with Crippen LogP contribution in [-0.2, 0) is 4.79 Å². The lowest BCUT2D eigenvalue weighted by atomic mass is 10.1. The maximum absolute atomic E-state index is 11.9. The van der Waals surface area contributed by atoms with Gasteiger partial charge in [-0.25, -0.2) is 0 Å². The molecule has 0 atom stereocenters. The van der Waals surface area contributed by atoms with E-state index in [-0.39, 0.29) is 18.4 Å². The van der Waals surface area contributed by atoms with Gasteiger partial charge in [-0.05, 0) is 56.2 Å². The fraction of sp³-hybridized carbons (Fsp3) is 0.250. The molecule has 1 aromatic carbocycles. The summed E-state index contributed by atoms with van der Waals surface area (Å²) in [7, 11) is 0. The maximum atomic E-state index is 11.9. The van der Waals surface area contributed by atoms with Crippen molar-refractivity contribution in [3.8, 4) is 0 Å². The van der Waals surface area contributed by atoms with Crippen LogP contribution >= 0.6 is 11.3 Å². The normalized spacial score (nSPS) is 10.2. The van der Waals surface area contributed by atoms with Crippen molar-refractivity contribution in [2.75, 3.05) is 11.9 Å². The Kier molecular flexibility index (Phi) is 4.75. The van der Waals surface area contributed by atoms with Gasteiger partial charge in [0.15, 0.2) is 0 Å². The Labute approximate surface area is 128 Å². The zero-order valence-corrected chi connectivity index (χ0v) is 13.1. The van der Waals surface area contributed by atoms with Crippen molar-refractivity contribution in [1.82, 2.24) is 5.32 Å². The molecule has 0 unspecified atom stereocenters. The standard InChI is InChI=1S/C16H18N2O2S/c1-10-6-11(2)8-13(7-10)18-15(19)9-17-16(20)14-5-4-12(3)21-14/h4-8H,9H2,1-3H3,(H,17,20)(H,18,19). The van der Waals surface area contributed by atoms with Crippen molar-refractivity contribution >= 4 is 28.8 Å². The Morgan fingerprint density at radius 3 is 2.29 bits per heavy atom. The minimum Gasteiger partial charge on any atom is -0.342 e. The van der Waals surface area contributed by atoms with Crippen LogP contribution in [0.5, 0.6) is 0 Å². The lowest BCUT2D eigenvalue weighted by Crippen LogP contribution is -2.32. The van der Waals surface area contributed by atoms with E-state index in [9.17, 15) is 9.59 Å². The van der Waals surface area contributed by atoms with Crippen LogP contribution in [0.25, 0.3) is 0 Å². The fourth-order valence-corrected chi connectivity index (χ4v) is 2.84. The molecule has 2 aromatic rings. The number of hydrogen-bond acceptors (Lipinski definition) is 3. The van der Waals surface area contributed by atoms with E-state index in [4.69, 9.17) is 0 Å². The summed E-state index contributed by atoms with van der Waals surface area (Å²) in [4.78, 5) is 25.4. The monoisotopic (exact) mass is 302 g/mol. The van der Waals surface area contributed by atoms with E-state index in [0.29, 0.717) is 4.88 Å². The lowest BCUT2D eigenvalue weighted by Gasteiger charge is -2.08. The lowest BCUT2D eigenvalue weighted by molar-refractivity contribution is -0.115. The van der Waals surface area contributed by atoms with Gasteiger partial charge in [-0.1, -0.05) is 6.07 Å². The van der Waals surface area contributed by atoms with Gasteiger partial charge in [0.1, 0.15) is 0 Å². The Morgan fingerprint density at radius 2 is 1.71 bits per heavy atom. The maximum Gasteiger partial charge on any atom is 0.261 e. The number of hydrogen-bond donors (Lipinski definition) is 2. The predicted octanol–water partition coefficient (Wildman–Crippen LogP) is 3.04. The minimum absolute atomic E-state index is 0.0389. The second-order valence-electron chi connectivity index (χ2n) is 5.02. The van der Waals surface area contributed by atoms with Crippen molar-refractivity contribution in [2.45, 2.75) is 20.8 Å². The van der Waals surface area contributed by atoms with E-state index in [0.717, 1.165) is 21.7 Å². The van der Waals surface area contributed by atoms with Crippen LogP contribution in [0.15, 0.2) is 30.3 Å². The third kappa shape index (κ3) is 4.43. The van der Waals surface area contributed by atoms with Crippen molar-refractivity contribution in [2.24, 2.45) is 0 Å². The highest BCUT2D eigenvalue weighted by Crippen LogP contribution is 2.15. The molecule has 0 aliphatic heterocycles. The molecule has 1 heterocycles. The first-order valence-electron chi connectivity index (χ1n) is 6.67. The number of thiophene rings is 1. The molecular formula is C16H18N2O2S. The zero-order chi connectivity index (χ0) is 15.4. The summed E-state index contributed by atoms with van der Waals surface area (Å²) >= 11 is 1.41. The number of nitrogens with one attached hydrogen (secondary N) is 2. The quantitative estimate of drug-likeness (QED) is 0.912. The van der Waals surface area contributed by atoms with Crippen molar-refractivity contribution in [1.29, 1.82) is 0 Å². The van der Waals surface area contributed by atoms with E-state index in [1.807, 2.05) is 45.0 Å². The molecule has 0 bridgehead atoms. The molecule has 110 valence electrons. The molecule has 2 N–H and O–H groups in total. The molecule has 21 heavy (non-hydrogen) atoms. The molecule has 4 nitrogen and oxygen atoms in total. The molecule has 1 aromatic heterocycles. The topological polar surface area (TPSA) is 58.2 Å². The van der Waals surface area contributed by atoms with E-state index >= 15 is 0 Å². The molecule has 0 fully saturated rings. The first-order valence-corrected chi connectivity index (χ1v) is 7.48. The van der Waals surface area contributed by atoms with Crippen molar-refractivity contribution in [3.05, 3.63) is 51.2 Å². The van der Waals surface area contributed by atoms with Crippen LogP contribution in [0.1, 0.15) is 25.7 Å². The number of rotatable bonds is 4. The fourth-order valence-electron chi connectivity index (χ4n) is 2.06. The Bertz CT molecular complexity index is 656. The van der Waals surface area contributed by atoms with Crippen LogP contribution in [0, 0.1) is 20.8 Å². The first-order chi connectivity index (χ1) is 9.94. The summed E-state index contributed by atoms with van der Waals surface area (Å²) in [5, 5.41) is 5.41. The molecule has 0 spiro atoms. The average molecular weight is 302 g/mol. The zero-order valence-electron chi connectivity index (χ0n) is 12.3.